The van der Waals surface area contributed by atoms with Crippen molar-refractivity contribution in [2.45, 2.75) is 24.3 Å². The number of carbonyl (C=O) groups excluding carboxylic acids is 1. The van der Waals surface area contributed by atoms with Gasteiger partial charge in [0.05, 0.1) is 28.3 Å². The van der Waals surface area contributed by atoms with Crippen LogP contribution < -0.4 is 10.1 Å². The Labute approximate surface area is 166 Å². The smallest absolute Gasteiger partial charge is 0.237 e. The van der Waals surface area contributed by atoms with Gasteiger partial charge in [0.25, 0.3) is 0 Å². The Hall–Kier alpha value is -2.58. The highest BCUT2D eigenvalue weighted by molar-refractivity contribution is 8.00. The lowest BCUT2D eigenvalue weighted by atomic mass is 10.3. The number of anilines is 1. The number of hydrogen-bond donors (Lipinski definition) is 1. The summed E-state index contributed by atoms with van der Waals surface area (Å²) in [5.41, 5.74) is 1.28. The van der Waals surface area contributed by atoms with E-state index < -0.39 is 5.25 Å². The molecule has 0 saturated carbocycles. The molecule has 140 valence electrons. The normalized spacial score (nSPS) is 11.8. The Kier molecular flexibility index (Phi) is 6.31. The molecule has 0 fully saturated rings. The second kappa shape index (κ2) is 8.88. The van der Waals surface area contributed by atoms with Crippen LogP contribution in [0.2, 0.25) is 5.02 Å². The minimum absolute atomic E-state index is 0.180. The maximum Gasteiger partial charge on any atom is 0.237 e. The molecule has 7 nitrogen and oxygen atoms in total. The summed E-state index contributed by atoms with van der Waals surface area (Å²) >= 11 is 7.46. The van der Waals surface area contributed by atoms with Crippen LogP contribution >= 0.6 is 23.4 Å². The molecule has 0 spiro atoms. The van der Waals surface area contributed by atoms with Crippen molar-refractivity contribution in [3.05, 3.63) is 53.6 Å². The largest absolute Gasteiger partial charge is 0.492 e. The van der Waals surface area contributed by atoms with E-state index in [1.165, 1.54) is 16.4 Å². The van der Waals surface area contributed by atoms with Crippen LogP contribution in [0.15, 0.2) is 53.7 Å². The van der Waals surface area contributed by atoms with E-state index in [1.54, 1.807) is 19.1 Å². The number of benzene rings is 2. The Morgan fingerprint density at radius 2 is 2.00 bits per heavy atom. The molecule has 1 unspecified atom stereocenters. The summed E-state index contributed by atoms with van der Waals surface area (Å²) in [4.78, 5) is 12.6. The average molecular weight is 404 g/mol. The first-order valence-electron chi connectivity index (χ1n) is 8.32. The van der Waals surface area contributed by atoms with E-state index in [2.05, 4.69) is 20.8 Å². The van der Waals surface area contributed by atoms with E-state index in [0.29, 0.717) is 33.9 Å². The van der Waals surface area contributed by atoms with Gasteiger partial charge in [-0.3, -0.25) is 4.79 Å². The number of para-hydroxylation sites is 3. The quantitative estimate of drug-likeness (QED) is 0.603. The van der Waals surface area contributed by atoms with Crippen LogP contribution in [-0.4, -0.2) is 38.0 Å². The van der Waals surface area contributed by atoms with Crippen LogP contribution in [0.5, 0.6) is 5.75 Å². The molecule has 1 N–H and O–H groups in total. The minimum atomic E-state index is -0.438. The van der Waals surface area contributed by atoms with Gasteiger partial charge in [-0.15, -0.1) is 5.10 Å². The van der Waals surface area contributed by atoms with E-state index >= 15 is 0 Å². The Morgan fingerprint density at radius 1 is 1.26 bits per heavy atom. The molecule has 3 rings (SSSR count). The van der Waals surface area contributed by atoms with Gasteiger partial charge < -0.3 is 10.1 Å². The van der Waals surface area contributed by atoms with Gasteiger partial charge in [0, 0.05) is 0 Å². The number of rotatable bonds is 7. The highest BCUT2D eigenvalue weighted by atomic mass is 35.5. The van der Waals surface area contributed by atoms with Gasteiger partial charge in [-0.25, -0.2) is 0 Å². The summed E-state index contributed by atoms with van der Waals surface area (Å²) in [5.74, 6) is 0.451. The molecule has 0 aliphatic heterocycles. The zero-order valence-corrected chi connectivity index (χ0v) is 16.4. The summed E-state index contributed by atoms with van der Waals surface area (Å²) < 4.78 is 7.06. The summed E-state index contributed by atoms with van der Waals surface area (Å²) in [7, 11) is 0. The summed E-state index contributed by atoms with van der Waals surface area (Å²) in [5, 5.41) is 15.1. The van der Waals surface area contributed by atoms with Crippen LogP contribution in [0.25, 0.3) is 5.69 Å². The topological polar surface area (TPSA) is 81.9 Å². The third-order valence-corrected chi connectivity index (χ3v) is 4.97. The Morgan fingerprint density at radius 3 is 2.78 bits per heavy atom. The molecule has 27 heavy (non-hydrogen) atoms. The Bertz CT molecular complexity index is 933. The second-order valence-corrected chi connectivity index (χ2v) is 7.22. The SMILES string of the molecule is CCOc1ccccc1NC(=O)C(C)Sc1nnnn1-c1ccccc1Cl. The number of amides is 1. The van der Waals surface area contributed by atoms with Gasteiger partial charge in [-0.05, 0) is 48.5 Å². The highest BCUT2D eigenvalue weighted by Gasteiger charge is 2.21. The van der Waals surface area contributed by atoms with Crippen molar-refractivity contribution < 1.29 is 9.53 Å². The van der Waals surface area contributed by atoms with E-state index in [4.69, 9.17) is 16.3 Å². The molecule has 0 bridgehead atoms. The third-order valence-electron chi connectivity index (χ3n) is 3.62. The lowest BCUT2D eigenvalue weighted by Crippen LogP contribution is -2.23. The lowest BCUT2D eigenvalue weighted by molar-refractivity contribution is -0.115. The van der Waals surface area contributed by atoms with Crippen molar-refractivity contribution in [2.75, 3.05) is 11.9 Å². The van der Waals surface area contributed by atoms with Crippen molar-refractivity contribution in [3.63, 3.8) is 0 Å². The number of aromatic nitrogens is 4. The molecule has 1 heterocycles. The lowest BCUT2D eigenvalue weighted by Gasteiger charge is -2.14. The fourth-order valence-corrected chi connectivity index (χ4v) is 3.34. The zero-order chi connectivity index (χ0) is 19.2. The molecule has 0 saturated heterocycles. The molecule has 1 atom stereocenters. The maximum atomic E-state index is 12.6. The van der Waals surface area contributed by atoms with E-state index in [0.717, 1.165) is 0 Å². The predicted molar refractivity (Wildman–Crippen MR) is 106 cm³/mol. The highest BCUT2D eigenvalue weighted by Crippen LogP contribution is 2.28. The summed E-state index contributed by atoms with van der Waals surface area (Å²) in [6.07, 6.45) is 0. The number of hydrogen-bond acceptors (Lipinski definition) is 6. The first-order chi connectivity index (χ1) is 13.1. The second-order valence-electron chi connectivity index (χ2n) is 5.50. The third kappa shape index (κ3) is 4.58. The van der Waals surface area contributed by atoms with Crippen molar-refractivity contribution in [1.29, 1.82) is 0 Å². The van der Waals surface area contributed by atoms with E-state index in [-0.39, 0.29) is 5.91 Å². The van der Waals surface area contributed by atoms with Crippen LogP contribution in [0.1, 0.15) is 13.8 Å². The standard InChI is InChI=1S/C18H18ClN5O2S/c1-3-26-16-11-7-5-9-14(16)20-17(25)12(2)27-18-21-22-23-24(18)15-10-6-4-8-13(15)19/h4-12H,3H2,1-2H3,(H,20,25). The van der Waals surface area contributed by atoms with Gasteiger partial charge in [-0.1, -0.05) is 47.6 Å². The Balaban J connectivity index is 1.73. The van der Waals surface area contributed by atoms with Crippen molar-refractivity contribution in [3.8, 4) is 11.4 Å². The van der Waals surface area contributed by atoms with Crippen molar-refractivity contribution in [2.24, 2.45) is 0 Å². The number of tetrazole rings is 1. The first-order valence-corrected chi connectivity index (χ1v) is 9.58. The summed E-state index contributed by atoms with van der Waals surface area (Å²) in [6.45, 7) is 4.20. The number of ether oxygens (including phenoxy) is 1. The van der Waals surface area contributed by atoms with E-state index in [9.17, 15) is 4.79 Å². The molecule has 3 aromatic rings. The minimum Gasteiger partial charge on any atom is -0.492 e. The molecule has 0 radical (unpaired) electrons. The first kappa shape index (κ1) is 19.2. The predicted octanol–water partition coefficient (Wildman–Crippen LogP) is 3.83. The summed E-state index contributed by atoms with van der Waals surface area (Å²) in [6, 6.07) is 14.6. The average Bonchev–Trinajstić information content (AvgIpc) is 3.11. The van der Waals surface area contributed by atoms with Crippen molar-refractivity contribution >= 4 is 35.0 Å². The van der Waals surface area contributed by atoms with Crippen LogP contribution in [0.4, 0.5) is 5.69 Å². The monoisotopic (exact) mass is 403 g/mol. The molecule has 1 amide bonds. The maximum absolute atomic E-state index is 12.6. The van der Waals surface area contributed by atoms with Crippen LogP contribution in [0, 0.1) is 0 Å². The molecule has 0 aliphatic rings. The molecule has 0 aliphatic carbocycles. The molecule has 2 aromatic carbocycles. The number of carbonyl (C=O) groups is 1. The number of nitrogens with one attached hydrogen (secondary N) is 1. The van der Waals surface area contributed by atoms with E-state index in [1.807, 2.05) is 43.3 Å². The molecule has 9 heteroatoms. The van der Waals surface area contributed by atoms with Crippen LogP contribution in [-0.2, 0) is 4.79 Å². The molecular weight excluding hydrogens is 386 g/mol. The van der Waals surface area contributed by atoms with Crippen molar-refractivity contribution in [1.82, 2.24) is 20.2 Å². The fraction of sp³-hybridized carbons (Fsp3) is 0.222. The van der Waals surface area contributed by atoms with Crippen LogP contribution in [0.3, 0.4) is 0 Å². The zero-order valence-electron chi connectivity index (χ0n) is 14.8. The molecule has 1 aromatic heterocycles. The number of thioether (sulfide) groups is 1. The van der Waals surface area contributed by atoms with Gasteiger partial charge in [-0.2, -0.15) is 4.68 Å². The number of halogens is 1. The van der Waals surface area contributed by atoms with Gasteiger partial charge in [0.15, 0.2) is 0 Å². The van der Waals surface area contributed by atoms with Gasteiger partial charge in [0.2, 0.25) is 11.1 Å². The molecular formula is C18H18ClN5O2S. The van der Waals surface area contributed by atoms with Gasteiger partial charge in [0.1, 0.15) is 5.75 Å². The number of nitrogens with zero attached hydrogens (tertiary/aromatic N) is 4. The van der Waals surface area contributed by atoms with Gasteiger partial charge >= 0.3 is 0 Å². The fourth-order valence-electron chi connectivity index (χ4n) is 2.32.